The number of rotatable bonds is 7. The summed E-state index contributed by atoms with van der Waals surface area (Å²) in [6, 6.07) is 0. The van der Waals surface area contributed by atoms with Crippen LogP contribution in [0, 0.1) is 0 Å². The molecule has 3 atom stereocenters. The molecule has 1 aliphatic rings. The Balaban J connectivity index is 2.17. The summed E-state index contributed by atoms with van der Waals surface area (Å²) in [5, 5.41) is 17.8. The molecule has 1 saturated heterocycles. The van der Waals surface area contributed by atoms with Crippen LogP contribution in [0.15, 0.2) is 0 Å². The van der Waals surface area contributed by atoms with Gasteiger partial charge in [0.05, 0.1) is 13.2 Å². The van der Waals surface area contributed by atoms with E-state index in [1.54, 1.807) is 0 Å². The number of hydrogen-bond acceptors (Lipinski definition) is 5. The molecule has 0 bridgehead atoms. The monoisotopic (exact) mass is 234 g/mol. The molecule has 1 aliphatic heterocycles. The number of aliphatic hydroxyl groups is 1. The Morgan fingerprint density at radius 3 is 3.00 bits per heavy atom. The van der Waals surface area contributed by atoms with Crippen molar-refractivity contribution >= 4 is 5.97 Å². The van der Waals surface area contributed by atoms with E-state index in [2.05, 4.69) is 6.92 Å². The van der Waals surface area contributed by atoms with Gasteiger partial charge in [-0.1, -0.05) is 13.3 Å². The molecular weight excluding hydrogens is 216 g/mol. The van der Waals surface area contributed by atoms with Crippen LogP contribution in [0.1, 0.15) is 19.8 Å². The van der Waals surface area contributed by atoms with Crippen molar-refractivity contribution in [3.05, 3.63) is 0 Å². The summed E-state index contributed by atoms with van der Waals surface area (Å²) < 4.78 is 15.6. The molecule has 1 heterocycles. The van der Waals surface area contributed by atoms with Crippen LogP contribution in [-0.2, 0) is 19.0 Å². The minimum absolute atomic E-state index is 0.0786. The number of carbonyl (C=O) groups is 1. The Morgan fingerprint density at radius 2 is 2.38 bits per heavy atom. The zero-order valence-electron chi connectivity index (χ0n) is 9.30. The fourth-order valence-corrected chi connectivity index (χ4v) is 1.31. The molecule has 1 rings (SSSR count). The molecule has 0 aromatic carbocycles. The molecule has 0 aromatic heterocycles. The molecular formula is C10H18O6. The zero-order chi connectivity index (χ0) is 12.0. The van der Waals surface area contributed by atoms with E-state index < -0.39 is 24.5 Å². The second-order valence-corrected chi connectivity index (χ2v) is 3.65. The maximum absolute atomic E-state index is 10.5. The van der Waals surface area contributed by atoms with Crippen molar-refractivity contribution in [2.45, 2.75) is 38.3 Å². The lowest BCUT2D eigenvalue weighted by Gasteiger charge is -2.13. The number of aliphatic carboxylic acids is 1. The third-order valence-electron chi connectivity index (χ3n) is 2.27. The molecule has 0 radical (unpaired) electrons. The summed E-state index contributed by atoms with van der Waals surface area (Å²) in [7, 11) is 0. The summed E-state index contributed by atoms with van der Waals surface area (Å²) >= 11 is 0. The van der Waals surface area contributed by atoms with Crippen LogP contribution in [0.5, 0.6) is 0 Å². The van der Waals surface area contributed by atoms with Gasteiger partial charge in [0, 0.05) is 6.61 Å². The maximum atomic E-state index is 10.5. The smallest absolute Gasteiger partial charge is 0.335 e. The van der Waals surface area contributed by atoms with Crippen molar-refractivity contribution in [3.63, 3.8) is 0 Å². The molecule has 6 nitrogen and oxygen atoms in total. The van der Waals surface area contributed by atoms with Crippen LogP contribution < -0.4 is 0 Å². The largest absolute Gasteiger partial charge is 0.479 e. The molecule has 16 heavy (non-hydrogen) atoms. The molecule has 6 heteroatoms. The number of carboxylic acid groups (broad SMARTS) is 1. The van der Waals surface area contributed by atoms with Gasteiger partial charge in [-0.25, -0.2) is 4.79 Å². The van der Waals surface area contributed by atoms with Gasteiger partial charge in [-0.3, -0.25) is 0 Å². The highest BCUT2D eigenvalue weighted by molar-refractivity contribution is 5.72. The highest BCUT2D eigenvalue weighted by atomic mass is 16.7. The lowest BCUT2D eigenvalue weighted by molar-refractivity contribution is -0.158. The first kappa shape index (κ1) is 13.4. The van der Waals surface area contributed by atoms with Crippen molar-refractivity contribution in [1.29, 1.82) is 0 Å². The lowest BCUT2D eigenvalue weighted by Crippen LogP contribution is -2.36. The van der Waals surface area contributed by atoms with Gasteiger partial charge in [-0.2, -0.15) is 0 Å². The van der Waals surface area contributed by atoms with Crippen LogP contribution >= 0.6 is 0 Å². The summed E-state index contributed by atoms with van der Waals surface area (Å²) in [6.45, 7) is 3.04. The van der Waals surface area contributed by atoms with Crippen molar-refractivity contribution in [2.75, 3.05) is 19.8 Å². The SMILES string of the molecule is CCCCOCC1OC[C@@H](C(O)C(=O)O)O1. The van der Waals surface area contributed by atoms with Crippen molar-refractivity contribution in [3.8, 4) is 0 Å². The number of carboxylic acids is 1. The molecule has 0 aliphatic carbocycles. The molecule has 2 N–H and O–H groups in total. The summed E-state index contributed by atoms with van der Waals surface area (Å²) in [5.74, 6) is -1.30. The van der Waals surface area contributed by atoms with Crippen molar-refractivity contribution < 1.29 is 29.2 Å². The highest BCUT2D eigenvalue weighted by Gasteiger charge is 2.35. The fraction of sp³-hybridized carbons (Fsp3) is 0.900. The van der Waals surface area contributed by atoms with Gasteiger partial charge in [0.25, 0.3) is 0 Å². The summed E-state index contributed by atoms with van der Waals surface area (Å²) in [4.78, 5) is 10.5. The summed E-state index contributed by atoms with van der Waals surface area (Å²) in [6.07, 6.45) is -0.908. The van der Waals surface area contributed by atoms with Gasteiger partial charge < -0.3 is 24.4 Å². The van der Waals surface area contributed by atoms with Gasteiger partial charge in [0.2, 0.25) is 0 Å². The third-order valence-corrected chi connectivity index (χ3v) is 2.27. The first-order valence-corrected chi connectivity index (χ1v) is 5.40. The minimum atomic E-state index is -1.54. The van der Waals surface area contributed by atoms with E-state index in [9.17, 15) is 9.90 Å². The Bertz CT molecular complexity index is 219. The highest BCUT2D eigenvalue weighted by Crippen LogP contribution is 2.15. The van der Waals surface area contributed by atoms with Gasteiger partial charge in [-0.05, 0) is 6.42 Å². The van der Waals surface area contributed by atoms with Crippen LogP contribution in [0.3, 0.4) is 0 Å². The third kappa shape index (κ3) is 4.05. The van der Waals surface area contributed by atoms with Crippen molar-refractivity contribution in [2.24, 2.45) is 0 Å². The van der Waals surface area contributed by atoms with Gasteiger partial charge in [-0.15, -0.1) is 0 Å². The molecule has 0 amide bonds. The molecule has 1 fully saturated rings. The standard InChI is InChI=1S/C10H18O6/c1-2-3-4-14-6-8-15-5-7(16-8)9(11)10(12)13/h7-9,11H,2-6H2,1H3,(H,12,13)/t7-,8?,9?/m0/s1. The lowest BCUT2D eigenvalue weighted by atomic mass is 10.2. The molecule has 94 valence electrons. The Morgan fingerprint density at radius 1 is 1.62 bits per heavy atom. The maximum Gasteiger partial charge on any atom is 0.335 e. The Hall–Kier alpha value is -0.690. The fourth-order valence-electron chi connectivity index (χ4n) is 1.31. The zero-order valence-corrected chi connectivity index (χ0v) is 9.30. The number of ether oxygens (including phenoxy) is 3. The van der Waals surface area contributed by atoms with Gasteiger partial charge in [0.15, 0.2) is 12.4 Å². The van der Waals surface area contributed by atoms with E-state index in [-0.39, 0.29) is 13.2 Å². The van der Waals surface area contributed by atoms with E-state index in [1.807, 2.05) is 0 Å². The first-order valence-electron chi connectivity index (χ1n) is 5.40. The average Bonchev–Trinajstić information content (AvgIpc) is 2.72. The Labute approximate surface area is 94.1 Å². The average molecular weight is 234 g/mol. The normalized spacial score (nSPS) is 26.9. The number of aliphatic hydroxyl groups excluding tert-OH is 1. The molecule has 2 unspecified atom stereocenters. The molecule has 0 saturated carbocycles. The summed E-state index contributed by atoms with van der Waals surface area (Å²) in [5.41, 5.74) is 0. The van der Waals surface area contributed by atoms with Crippen LogP contribution in [0.2, 0.25) is 0 Å². The van der Waals surface area contributed by atoms with Crippen LogP contribution in [-0.4, -0.2) is 54.5 Å². The number of hydrogen-bond donors (Lipinski definition) is 2. The van der Waals surface area contributed by atoms with E-state index in [1.165, 1.54) is 0 Å². The second-order valence-electron chi connectivity index (χ2n) is 3.65. The van der Waals surface area contributed by atoms with Gasteiger partial charge >= 0.3 is 5.97 Å². The molecule has 0 spiro atoms. The number of unbranched alkanes of at least 4 members (excludes halogenated alkanes) is 1. The van der Waals surface area contributed by atoms with E-state index in [0.717, 1.165) is 12.8 Å². The second kappa shape index (κ2) is 6.80. The predicted molar refractivity (Wildman–Crippen MR) is 54.0 cm³/mol. The van der Waals surface area contributed by atoms with E-state index in [0.29, 0.717) is 6.61 Å². The molecule has 0 aromatic rings. The Kier molecular flexibility index (Phi) is 5.68. The van der Waals surface area contributed by atoms with Gasteiger partial charge in [0.1, 0.15) is 6.10 Å². The quantitative estimate of drug-likeness (QED) is 0.603. The van der Waals surface area contributed by atoms with Crippen molar-refractivity contribution in [1.82, 2.24) is 0 Å². The van der Waals surface area contributed by atoms with E-state index in [4.69, 9.17) is 19.3 Å². The topological polar surface area (TPSA) is 85.2 Å². The van der Waals surface area contributed by atoms with E-state index >= 15 is 0 Å². The van der Waals surface area contributed by atoms with Crippen LogP contribution in [0.25, 0.3) is 0 Å². The predicted octanol–water partition coefficient (Wildman–Crippen LogP) is -0.00990. The first-order chi connectivity index (χ1) is 7.65. The van der Waals surface area contributed by atoms with Crippen LogP contribution in [0.4, 0.5) is 0 Å². The minimum Gasteiger partial charge on any atom is -0.479 e.